The highest BCUT2D eigenvalue weighted by Crippen LogP contribution is 2.58. The standard InChI is InChI=1S/C26H38O2/c1-18(2)19(3)13-14-20(4)22-15-16-23-24(12-9-17-26(22,23)5)28-25(27)21-10-7-6-8-11-21/h6-8,10-11,13-14,18-20,22-24H,9,12,15-17H2,1-5H3/b14-13+/t19-,20+,22+,23+,24-,26+/m0/s1. The molecule has 0 amide bonds. The molecule has 0 saturated heterocycles. The van der Waals surface area contributed by atoms with Crippen molar-refractivity contribution in [2.75, 3.05) is 0 Å². The summed E-state index contributed by atoms with van der Waals surface area (Å²) in [6, 6.07) is 9.44. The first-order chi connectivity index (χ1) is 13.3. The fourth-order valence-electron chi connectivity index (χ4n) is 5.65. The third-order valence-corrected chi connectivity index (χ3v) is 7.81. The number of fused-ring (bicyclic) bond motifs is 1. The van der Waals surface area contributed by atoms with Crippen LogP contribution >= 0.6 is 0 Å². The lowest BCUT2D eigenvalue weighted by Gasteiger charge is -2.45. The molecule has 2 nitrogen and oxygen atoms in total. The molecule has 0 aliphatic heterocycles. The quantitative estimate of drug-likeness (QED) is 0.394. The number of carbonyl (C=O) groups excluding carboxylic acids is 1. The van der Waals surface area contributed by atoms with Crippen LogP contribution < -0.4 is 0 Å². The maximum atomic E-state index is 12.6. The van der Waals surface area contributed by atoms with E-state index >= 15 is 0 Å². The van der Waals surface area contributed by atoms with Crippen LogP contribution in [-0.2, 0) is 4.74 Å². The molecule has 6 atom stereocenters. The monoisotopic (exact) mass is 382 g/mol. The smallest absolute Gasteiger partial charge is 0.338 e. The lowest BCUT2D eigenvalue weighted by Crippen LogP contribution is -2.43. The molecular formula is C26H38O2. The third kappa shape index (κ3) is 4.36. The van der Waals surface area contributed by atoms with Crippen LogP contribution in [0.4, 0.5) is 0 Å². The topological polar surface area (TPSA) is 26.3 Å². The first-order valence-electron chi connectivity index (χ1n) is 11.3. The Morgan fingerprint density at radius 3 is 2.46 bits per heavy atom. The summed E-state index contributed by atoms with van der Waals surface area (Å²) in [5.74, 6) is 2.92. The number of hydrogen-bond donors (Lipinski definition) is 0. The number of ether oxygens (including phenoxy) is 1. The van der Waals surface area contributed by atoms with Gasteiger partial charge in [-0.25, -0.2) is 4.79 Å². The maximum absolute atomic E-state index is 12.6. The SMILES string of the molecule is CC(C)[C@@H](C)/C=C/[C@@H](C)[C@H]1CC[C@@H]2[C@@H](OC(=O)c3ccccc3)CCC[C@]12C. The van der Waals surface area contributed by atoms with E-state index < -0.39 is 0 Å². The molecule has 1 aromatic carbocycles. The van der Waals surface area contributed by atoms with E-state index in [1.54, 1.807) is 0 Å². The molecule has 0 spiro atoms. The number of rotatable bonds is 6. The van der Waals surface area contributed by atoms with E-state index in [0.29, 0.717) is 35.2 Å². The molecule has 1 aromatic rings. The number of carbonyl (C=O) groups is 1. The van der Waals surface area contributed by atoms with E-state index in [0.717, 1.165) is 12.8 Å². The Kier molecular flexibility index (Phi) is 6.68. The minimum Gasteiger partial charge on any atom is -0.458 e. The average Bonchev–Trinajstić information content (AvgIpc) is 3.04. The molecular weight excluding hydrogens is 344 g/mol. The summed E-state index contributed by atoms with van der Waals surface area (Å²) in [7, 11) is 0. The van der Waals surface area contributed by atoms with E-state index in [1.807, 2.05) is 30.3 Å². The van der Waals surface area contributed by atoms with Crippen molar-refractivity contribution < 1.29 is 9.53 Å². The van der Waals surface area contributed by atoms with Gasteiger partial charge in [-0.2, -0.15) is 0 Å². The minimum absolute atomic E-state index is 0.0715. The van der Waals surface area contributed by atoms with Crippen molar-refractivity contribution in [2.24, 2.45) is 35.0 Å². The Morgan fingerprint density at radius 1 is 1.07 bits per heavy atom. The van der Waals surface area contributed by atoms with Crippen LogP contribution in [0.3, 0.4) is 0 Å². The molecule has 2 heteroatoms. The lowest BCUT2D eigenvalue weighted by molar-refractivity contribution is -0.0444. The second kappa shape index (κ2) is 8.84. The largest absolute Gasteiger partial charge is 0.458 e. The van der Waals surface area contributed by atoms with Gasteiger partial charge in [-0.05, 0) is 73.3 Å². The van der Waals surface area contributed by atoms with E-state index in [-0.39, 0.29) is 17.5 Å². The molecule has 2 aliphatic rings. The van der Waals surface area contributed by atoms with E-state index in [4.69, 9.17) is 4.74 Å². The first-order valence-corrected chi connectivity index (χ1v) is 11.3. The van der Waals surface area contributed by atoms with Crippen molar-refractivity contribution in [3.8, 4) is 0 Å². The molecule has 0 bridgehead atoms. The van der Waals surface area contributed by atoms with Crippen LogP contribution in [0.15, 0.2) is 42.5 Å². The molecule has 3 rings (SSSR count). The van der Waals surface area contributed by atoms with Crippen molar-refractivity contribution in [1.82, 2.24) is 0 Å². The summed E-state index contributed by atoms with van der Waals surface area (Å²) in [5, 5.41) is 0. The van der Waals surface area contributed by atoms with Crippen molar-refractivity contribution in [3.05, 3.63) is 48.0 Å². The van der Waals surface area contributed by atoms with Gasteiger partial charge in [0.15, 0.2) is 0 Å². The second-order valence-corrected chi connectivity index (χ2v) is 9.85. The molecule has 0 aromatic heterocycles. The van der Waals surface area contributed by atoms with Crippen LogP contribution in [0.5, 0.6) is 0 Å². The molecule has 154 valence electrons. The van der Waals surface area contributed by atoms with E-state index in [1.165, 1.54) is 19.3 Å². The first kappa shape index (κ1) is 21.1. The van der Waals surface area contributed by atoms with Crippen molar-refractivity contribution >= 4 is 5.97 Å². The Bertz CT molecular complexity index is 677. The molecule has 0 unspecified atom stereocenters. The Hall–Kier alpha value is -1.57. The fourth-order valence-corrected chi connectivity index (χ4v) is 5.65. The van der Waals surface area contributed by atoms with Crippen molar-refractivity contribution in [2.45, 2.75) is 72.8 Å². The van der Waals surface area contributed by atoms with Gasteiger partial charge in [-0.15, -0.1) is 0 Å². The second-order valence-electron chi connectivity index (χ2n) is 9.85. The third-order valence-electron chi connectivity index (χ3n) is 7.81. The molecule has 0 heterocycles. The molecule has 2 saturated carbocycles. The highest BCUT2D eigenvalue weighted by molar-refractivity contribution is 5.89. The van der Waals surface area contributed by atoms with Gasteiger partial charge in [0.1, 0.15) is 6.10 Å². The molecule has 2 fully saturated rings. The van der Waals surface area contributed by atoms with Crippen LogP contribution in [-0.4, -0.2) is 12.1 Å². The minimum atomic E-state index is -0.156. The van der Waals surface area contributed by atoms with Gasteiger partial charge in [-0.1, -0.05) is 65.0 Å². The van der Waals surface area contributed by atoms with Crippen LogP contribution in [0.1, 0.15) is 77.1 Å². The zero-order chi connectivity index (χ0) is 20.3. The summed E-state index contributed by atoms with van der Waals surface area (Å²) >= 11 is 0. The highest BCUT2D eigenvalue weighted by atomic mass is 16.5. The number of allylic oxidation sites excluding steroid dienone is 2. The molecule has 2 aliphatic carbocycles. The predicted molar refractivity (Wildman–Crippen MR) is 116 cm³/mol. The Balaban J connectivity index is 1.69. The van der Waals surface area contributed by atoms with Gasteiger partial charge < -0.3 is 4.74 Å². The zero-order valence-corrected chi connectivity index (χ0v) is 18.4. The van der Waals surface area contributed by atoms with Crippen LogP contribution in [0.25, 0.3) is 0 Å². The number of hydrogen-bond acceptors (Lipinski definition) is 2. The summed E-state index contributed by atoms with van der Waals surface area (Å²) in [6.45, 7) is 11.8. The maximum Gasteiger partial charge on any atom is 0.338 e. The van der Waals surface area contributed by atoms with Gasteiger partial charge >= 0.3 is 5.97 Å². The molecule has 0 N–H and O–H groups in total. The highest BCUT2D eigenvalue weighted by Gasteiger charge is 2.53. The summed E-state index contributed by atoms with van der Waals surface area (Å²) in [4.78, 5) is 12.6. The van der Waals surface area contributed by atoms with Crippen molar-refractivity contribution in [3.63, 3.8) is 0 Å². The van der Waals surface area contributed by atoms with E-state index in [2.05, 4.69) is 46.8 Å². The molecule has 0 radical (unpaired) electrons. The van der Waals surface area contributed by atoms with Crippen molar-refractivity contribution in [1.29, 1.82) is 0 Å². The fraction of sp³-hybridized carbons (Fsp3) is 0.654. The van der Waals surface area contributed by atoms with Crippen LogP contribution in [0, 0.1) is 35.0 Å². The number of esters is 1. The summed E-state index contributed by atoms with van der Waals surface area (Å²) in [5.41, 5.74) is 0.952. The zero-order valence-electron chi connectivity index (χ0n) is 18.4. The van der Waals surface area contributed by atoms with Crippen LogP contribution in [0.2, 0.25) is 0 Å². The average molecular weight is 383 g/mol. The Morgan fingerprint density at radius 2 is 1.79 bits per heavy atom. The van der Waals surface area contributed by atoms with Gasteiger partial charge in [0, 0.05) is 5.92 Å². The summed E-state index contributed by atoms with van der Waals surface area (Å²) < 4.78 is 6.06. The van der Waals surface area contributed by atoms with Gasteiger partial charge in [-0.3, -0.25) is 0 Å². The number of benzene rings is 1. The van der Waals surface area contributed by atoms with Gasteiger partial charge in [0.05, 0.1) is 5.56 Å². The predicted octanol–water partition coefficient (Wildman–Crippen LogP) is 6.91. The van der Waals surface area contributed by atoms with Gasteiger partial charge in [0.25, 0.3) is 0 Å². The van der Waals surface area contributed by atoms with Gasteiger partial charge in [0.2, 0.25) is 0 Å². The lowest BCUT2D eigenvalue weighted by atomic mass is 9.61. The summed E-state index contributed by atoms with van der Waals surface area (Å²) in [6.07, 6.45) is 10.8. The van der Waals surface area contributed by atoms with E-state index in [9.17, 15) is 4.79 Å². The Labute approximate surface area is 171 Å². The normalized spacial score (nSPS) is 32.3. The molecule has 28 heavy (non-hydrogen) atoms.